The second kappa shape index (κ2) is 17.0. The standard InChI is InChI=1S/C31H41NO9/c1-6-20(3)15-28(33)40-26-14-13-23(18-27(26)41-29(34)16-21(4)7-2)17-25(32)30(35)37-19-22(5)38-31(36)39-24-11-9-8-10-12-24/h8-14,18,20-22,25H,6-7,15-17,19,32H2,1-5H3/t20?,21?,22-,25-/m0/s1. The van der Waals surface area contributed by atoms with Crippen LogP contribution in [0.3, 0.4) is 0 Å². The SMILES string of the molecule is CCC(C)CC(=O)Oc1ccc(C[C@H](N)C(=O)OC[C@H](C)OC(=O)Oc2ccccc2)cc1OC(=O)CC(C)CC. The topological polar surface area (TPSA) is 140 Å². The van der Waals surface area contributed by atoms with Gasteiger partial charge >= 0.3 is 24.1 Å². The third-order valence-corrected chi connectivity index (χ3v) is 6.34. The van der Waals surface area contributed by atoms with Crippen LogP contribution >= 0.6 is 0 Å². The highest BCUT2D eigenvalue weighted by molar-refractivity contribution is 5.77. The zero-order valence-corrected chi connectivity index (χ0v) is 24.4. The van der Waals surface area contributed by atoms with Gasteiger partial charge in [-0.05, 0) is 55.0 Å². The van der Waals surface area contributed by atoms with Crippen molar-refractivity contribution in [2.75, 3.05) is 6.61 Å². The van der Waals surface area contributed by atoms with Gasteiger partial charge in [0.1, 0.15) is 24.5 Å². The minimum atomic E-state index is -1.05. The molecule has 0 aliphatic carbocycles. The summed E-state index contributed by atoms with van der Waals surface area (Å²) < 4.78 is 26.4. The van der Waals surface area contributed by atoms with Gasteiger partial charge in [0, 0.05) is 12.8 Å². The Bertz CT molecular complexity index is 1150. The molecule has 224 valence electrons. The summed E-state index contributed by atoms with van der Waals surface area (Å²) in [6.45, 7) is 9.17. The molecule has 0 amide bonds. The van der Waals surface area contributed by atoms with E-state index < -0.39 is 36.2 Å². The Balaban J connectivity index is 1.99. The van der Waals surface area contributed by atoms with Gasteiger partial charge in [-0.1, -0.05) is 64.8 Å². The highest BCUT2D eigenvalue weighted by Crippen LogP contribution is 2.30. The van der Waals surface area contributed by atoms with E-state index in [1.807, 2.05) is 27.7 Å². The number of hydrogen-bond donors (Lipinski definition) is 1. The molecular weight excluding hydrogens is 530 g/mol. The summed E-state index contributed by atoms with van der Waals surface area (Å²) >= 11 is 0. The van der Waals surface area contributed by atoms with Crippen LogP contribution in [-0.2, 0) is 30.3 Å². The highest BCUT2D eigenvalue weighted by atomic mass is 16.7. The average molecular weight is 572 g/mol. The molecule has 0 bridgehead atoms. The van der Waals surface area contributed by atoms with Gasteiger partial charge in [0.05, 0.1) is 0 Å². The summed E-state index contributed by atoms with van der Waals surface area (Å²) in [6.07, 6.45) is 0.407. The first kappa shape index (κ1) is 33.3. The average Bonchev–Trinajstić information content (AvgIpc) is 2.93. The van der Waals surface area contributed by atoms with E-state index in [0.717, 1.165) is 12.8 Å². The number of nitrogens with two attached hydrogens (primary N) is 1. The molecule has 4 atom stereocenters. The predicted molar refractivity (Wildman–Crippen MR) is 152 cm³/mol. The van der Waals surface area contributed by atoms with Gasteiger partial charge in [0.15, 0.2) is 11.5 Å². The number of ether oxygens (including phenoxy) is 5. The maximum atomic E-state index is 12.5. The number of carbonyl (C=O) groups excluding carboxylic acids is 4. The van der Waals surface area contributed by atoms with Crippen molar-refractivity contribution in [3.63, 3.8) is 0 Å². The molecule has 0 heterocycles. The lowest BCUT2D eigenvalue weighted by atomic mass is 10.0. The van der Waals surface area contributed by atoms with E-state index in [4.69, 9.17) is 29.4 Å². The van der Waals surface area contributed by atoms with Crippen molar-refractivity contribution in [1.29, 1.82) is 0 Å². The molecule has 2 unspecified atom stereocenters. The fraction of sp³-hybridized carbons (Fsp3) is 0.484. The third kappa shape index (κ3) is 12.4. The molecule has 2 aromatic carbocycles. The second-order valence-corrected chi connectivity index (χ2v) is 10.2. The smallest absolute Gasteiger partial charge is 0.461 e. The summed E-state index contributed by atoms with van der Waals surface area (Å²) in [7, 11) is 0. The van der Waals surface area contributed by atoms with Gasteiger partial charge in [0.25, 0.3) is 0 Å². The molecule has 0 aromatic heterocycles. The van der Waals surface area contributed by atoms with Crippen LogP contribution in [0.5, 0.6) is 17.2 Å². The molecule has 2 N–H and O–H groups in total. The molecule has 0 radical (unpaired) electrons. The van der Waals surface area contributed by atoms with Crippen molar-refractivity contribution < 1.29 is 42.9 Å². The molecule has 2 rings (SSSR count). The Morgan fingerprint density at radius 2 is 1.37 bits per heavy atom. The van der Waals surface area contributed by atoms with Crippen LogP contribution < -0.4 is 19.9 Å². The van der Waals surface area contributed by atoms with Crippen molar-refractivity contribution in [2.45, 2.75) is 78.9 Å². The molecule has 0 fully saturated rings. The molecule has 0 spiro atoms. The van der Waals surface area contributed by atoms with Crippen LogP contribution in [-0.4, -0.2) is 42.8 Å². The van der Waals surface area contributed by atoms with Crippen LogP contribution in [0.15, 0.2) is 48.5 Å². The van der Waals surface area contributed by atoms with Gasteiger partial charge in [-0.3, -0.25) is 14.4 Å². The summed E-state index contributed by atoms with van der Waals surface area (Å²) in [5.74, 6) is -0.824. The van der Waals surface area contributed by atoms with Crippen LogP contribution in [0.25, 0.3) is 0 Å². The molecule has 0 saturated carbocycles. The van der Waals surface area contributed by atoms with Crippen molar-refractivity contribution >= 4 is 24.1 Å². The quantitative estimate of drug-likeness (QED) is 0.168. The van der Waals surface area contributed by atoms with Crippen molar-refractivity contribution in [3.05, 3.63) is 54.1 Å². The Hall–Kier alpha value is -3.92. The minimum absolute atomic E-state index is 0.0567. The van der Waals surface area contributed by atoms with E-state index in [-0.39, 0.29) is 49.2 Å². The Morgan fingerprint density at radius 3 is 1.95 bits per heavy atom. The number of esters is 3. The number of rotatable bonds is 15. The zero-order valence-electron chi connectivity index (χ0n) is 24.4. The molecule has 10 nitrogen and oxygen atoms in total. The summed E-state index contributed by atoms with van der Waals surface area (Å²) in [6, 6.07) is 12.0. The van der Waals surface area contributed by atoms with Gasteiger partial charge in [-0.2, -0.15) is 0 Å². The first-order valence-electron chi connectivity index (χ1n) is 13.9. The van der Waals surface area contributed by atoms with Crippen LogP contribution in [0.1, 0.15) is 65.9 Å². The minimum Gasteiger partial charge on any atom is -0.461 e. The largest absolute Gasteiger partial charge is 0.514 e. The number of hydrogen-bond acceptors (Lipinski definition) is 10. The molecule has 2 aromatic rings. The summed E-state index contributed by atoms with van der Waals surface area (Å²) in [4.78, 5) is 49.3. The molecular formula is C31H41NO9. The zero-order chi connectivity index (χ0) is 30.4. The lowest BCUT2D eigenvalue weighted by molar-refractivity contribution is -0.148. The van der Waals surface area contributed by atoms with Crippen LogP contribution in [0.4, 0.5) is 4.79 Å². The number of benzene rings is 2. The van der Waals surface area contributed by atoms with Crippen LogP contribution in [0.2, 0.25) is 0 Å². The highest BCUT2D eigenvalue weighted by Gasteiger charge is 2.22. The predicted octanol–water partition coefficient (Wildman–Crippen LogP) is 5.39. The van der Waals surface area contributed by atoms with E-state index in [1.54, 1.807) is 43.3 Å². The van der Waals surface area contributed by atoms with Gasteiger partial charge in [0.2, 0.25) is 0 Å². The van der Waals surface area contributed by atoms with Gasteiger partial charge in [-0.15, -0.1) is 0 Å². The van der Waals surface area contributed by atoms with Crippen molar-refractivity contribution in [2.24, 2.45) is 17.6 Å². The van der Waals surface area contributed by atoms with E-state index in [9.17, 15) is 19.2 Å². The first-order valence-corrected chi connectivity index (χ1v) is 13.9. The van der Waals surface area contributed by atoms with Crippen LogP contribution in [0, 0.1) is 11.8 Å². The second-order valence-electron chi connectivity index (χ2n) is 10.2. The van der Waals surface area contributed by atoms with E-state index >= 15 is 0 Å². The molecule has 0 aliphatic heterocycles. The normalized spacial score (nSPS) is 13.7. The van der Waals surface area contributed by atoms with E-state index in [2.05, 4.69) is 0 Å². The maximum absolute atomic E-state index is 12.5. The lowest BCUT2D eigenvalue weighted by Gasteiger charge is -2.17. The number of carbonyl (C=O) groups is 4. The van der Waals surface area contributed by atoms with E-state index in [0.29, 0.717) is 11.3 Å². The first-order chi connectivity index (χ1) is 19.5. The lowest BCUT2D eigenvalue weighted by Crippen LogP contribution is -2.36. The Morgan fingerprint density at radius 1 is 0.780 bits per heavy atom. The van der Waals surface area contributed by atoms with E-state index in [1.165, 1.54) is 12.1 Å². The van der Waals surface area contributed by atoms with Crippen molar-refractivity contribution in [3.8, 4) is 17.2 Å². The number of para-hydroxylation sites is 1. The third-order valence-electron chi connectivity index (χ3n) is 6.34. The van der Waals surface area contributed by atoms with Gasteiger partial charge < -0.3 is 29.4 Å². The molecule has 0 saturated heterocycles. The van der Waals surface area contributed by atoms with Crippen molar-refractivity contribution in [1.82, 2.24) is 0 Å². The maximum Gasteiger partial charge on any atom is 0.514 e. The molecule has 10 heteroatoms. The molecule has 41 heavy (non-hydrogen) atoms. The fourth-order valence-corrected chi connectivity index (χ4v) is 3.48. The monoisotopic (exact) mass is 571 g/mol. The Labute approximate surface area is 241 Å². The summed E-state index contributed by atoms with van der Waals surface area (Å²) in [5, 5.41) is 0. The summed E-state index contributed by atoms with van der Waals surface area (Å²) in [5.41, 5.74) is 6.63. The fourth-order valence-electron chi connectivity index (χ4n) is 3.48. The Kier molecular flexibility index (Phi) is 13.8. The van der Waals surface area contributed by atoms with Gasteiger partial charge in [-0.25, -0.2) is 4.79 Å². The molecule has 0 aliphatic rings.